The highest BCUT2D eigenvalue weighted by Gasteiger charge is 2.28. The number of hydrogen-bond donors (Lipinski definition) is 1. The molecule has 0 saturated carbocycles. The van der Waals surface area contributed by atoms with Gasteiger partial charge in [-0.05, 0) is 23.8 Å². The fourth-order valence-corrected chi connectivity index (χ4v) is 2.28. The number of nitrogens with zero attached hydrogens (tertiary/aromatic N) is 3. The lowest BCUT2D eigenvalue weighted by Gasteiger charge is -2.22. The number of likely N-dealkylation sites (N-methyl/N-ethyl adjacent to an activating group) is 1. The van der Waals surface area contributed by atoms with Gasteiger partial charge in [-0.25, -0.2) is 4.98 Å². The van der Waals surface area contributed by atoms with Gasteiger partial charge in [0.1, 0.15) is 12.4 Å². The highest BCUT2D eigenvalue weighted by molar-refractivity contribution is 5.79. The number of ether oxygens (including phenoxy) is 2. The summed E-state index contributed by atoms with van der Waals surface area (Å²) < 4.78 is 47.1. The number of nitrogens with one attached hydrogen (secondary N) is 1. The van der Waals surface area contributed by atoms with E-state index in [0.717, 1.165) is 11.3 Å². The van der Waals surface area contributed by atoms with E-state index in [-0.39, 0.29) is 5.88 Å². The first kappa shape index (κ1) is 21.3. The minimum absolute atomic E-state index is 0.0729. The zero-order chi connectivity index (χ0) is 20.4. The lowest BCUT2D eigenvalue weighted by molar-refractivity contribution is -0.154. The van der Waals surface area contributed by atoms with Crippen LogP contribution in [-0.4, -0.2) is 55.9 Å². The van der Waals surface area contributed by atoms with Crippen molar-refractivity contribution in [3.05, 3.63) is 54.2 Å². The SMILES string of the molecule is CN=C(NCc1ccnc(OCC(F)(F)F)c1)N(C)CCOc1ccccc1. The summed E-state index contributed by atoms with van der Waals surface area (Å²) >= 11 is 0. The highest BCUT2D eigenvalue weighted by atomic mass is 19.4. The molecule has 6 nitrogen and oxygen atoms in total. The van der Waals surface area contributed by atoms with Crippen LogP contribution >= 0.6 is 0 Å². The van der Waals surface area contributed by atoms with Crippen molar-refractivity contribution in [1.29, 1.82) is 0 Å². The normalized spacial score (nSPS) is 11.8. The van der Waals surface area contributed by atoms with Crippen LogP contribution in [0, 0.1) is 0 Å². The largest absolute Gasteiger partial charge is 0.492 e. The number of benzene rings is 1. The molecule has 1 heterocycles. The lowest BCUT2D eigenvalue weighted by atomic mass is 10.2. The number of alkyl halides is 3. The van der Waals surface area contributed by atoms with Crippen molar-refractivity contribution in [1.82, 2.24) is 15.2 Å². The summed E-state index contributed by atoms with van der Waals surface area (Å²) in [4.78, 5) is 9.88. The molecule has 0 spiro atoms. The van der Waals surface area contributed by atoms with Gasteiger partial charge in [-0.1, -0.05) is 18.2 Å². The standard InChI is InChI=1S/C19H23F3N4O2/c1-23-18(26(2)10-11-27-16-6-4-3-5-7-16)25-13-15-8-9-24-17(12-15)28-14-19(20,21)22/h3-9,12H,10-11,13-14H2,1-2H3,(H,23,25). The average Bonchev–Trinajstić information content (AvgIpc) is 2.67. The first-order valence-electron chi connectivity index (χ1n) is 8.61. The maximum Gasteiger partial charge on any atom is 0.422 e. The summed E-state index contributed by atoms with van der Waals surface area (Å²) in [7, 11) is 3.52. The second-order valence-corrected chi connectivity index (χ2v) is 5.89. The summed E-state index contributed by atoms with van der Waals surface area (Å²) in [6.45, 7) is 0.0704. The van der Waals surface area contributed by atoms with Crippen molar-refractivity contribution in [3.8, 4) is 11.6 Å². The van der Waals surface area contributed by atoms with E-state index >= 15 is 0 Å². The van der Waals surface area contributed by atoms with Gasteiger partial charge in [-0.15, -0.1) is 0 Å². The van der Waals surface area contributed by atoms with E-state index in [2.05, 4.69) is 20.0 Å². The molecule has 1 N–H and O–H groups in total. The Morgan fingerprint density at radius 2 is 1.93 bits per heavy atom. The Bertz CT molecular complexity index is 754. The molecule has 0 aliphatic rings. The Labute approximate surface area is 162 Å². The van der Waals surface area contributed by atoms with Crippen LogP contribution in [0.15, 0.2) is 53.7 Å². The molecule has 9 heteroatoms. The minimum atomic E-state index is -4.40. The van der Waals surface area contributed by atoms with Crippen LogP contribution in [0.3, 0.4) is 0 Å². The van der Waals surface area contributed by atoms with Crippen LogP contribution in [-0.2, 0) is 6.54 Å². The van der Waals surface area contributed by atoms with Crippen molar-refractivity contribution in [2.45, 2.75) is 12.7 Å². The molecule has 1 aromatic heterocycles. The molecule has 0 radical (unpaired) electrons. The molecule has 0 saturated heterocycles. The maximum absolute atomic E-state index is 12.2. The number of rotatable bonds is 8. The lowest BCUT2D eigenvalue weighted by Crippen LogP contribution is -2.40. The molecule has 1 aromatic carbocycles. The van der Waals surface area contributed by atoms with Gasteiger partial charge in [-0.3, -0.25) is 4.99 Å². The molecule has 0 bridgehead atoms. The van der Waals surface area contributed by atoms with E-state index < -0.39 is 12.8 Å². The monoisotopic (exact) mass is 396 g/mol. The molecule has 0 unspecified atom stereocenters. The third-order valence-corrected chi connectivity index (χ3v) is 3.65. The number of aromatic nitrogens is 1. The van der Waals surface area contributed by atoms with E-state index in [9.17, 15) is 13.2 Å². The van der Waals surface area contributed by atoms with Crippen LogP contribution in [0.1, 0.15) is 5.56 Å². The molecule has 28 heavy (non-hydrogen) atoms. The summed E-state index contributed by atoms with van der Waals surface area (Å²) in [5, 5.41) is 3.15. The number of para-hydroxylation sites is 1. The van der Waals surface area contributed by atoms with Gasteiger partial charge in [0.05, 0.1) is 6.54 Å². The number of hydrogen-bond acceptors (Lipinski definition) is 4. The third-order valence-electron chi connectivity index (χ3n) is 3.65. The van der Waals surface area contributed by atoms with Gasteiger partial charge in [0, 0.05) is 32.9 Å². The summed E-state index contributed by atoms with van der Waals surface area (Å²) in [6.07, 6.45) is -2.99. The molecule has 152 valence electrons. The Kier molecular flexibility index (Phi) is 7.91. The van der Waals surface area contributed by atoms with E-state index in [0.29, 0.717) is 25.7 Å². The van der Waals surface area contributed by atoms with Gasteiger partial charge in [0.15, 0.2) is 12.6 Å². The van der Waals surface area contributed by atoms with Crippen LogP contribution in [0.5, 0.6) is 11.6 Å². The molecule has 2 rings (SSSR count). The minimum Gasteiger partial charge on any atom is -0.492 e. The first-order valence-corrected chi connectivity index (χ1v) is 8.61. The fraction of sp³-hybridized carbons (Fsp3) is 0.368. The van der Waals surface area contributed by atoms with Gasteiger partial charge in [0.25, 0.3) is 0 Å². The Balaban J connectivity index is 1.81. The molecule has 0 fully saturated rings. The van der Waals surface area contributed by atoms with Crippen LogP contribution in [0.4, 0.5) is 13.2 Å². The van der Waals surface area contributed by atoms with Crippen molar-refractivity contribution in [2.24, 2.45) is 4.99 Å². The number of pyridine rings is 1. The van der Waals surface area contributed by atoms with Gasteiger partial charge >= 0.3 is 6.18 Å². The van der Waals surface area contributed by atoms with Gasteiger partial charge in [-0.2, -0.15) is 13.2 Å². The van der Waals surface area contributed by atoms with E-state index in [1.807, 2.05) is 42.3 Å². The molecule has 0 amide bonds. The van der Waals surface area contributed by atoms with Crippen molar-refractivity contribution in [3.63, 3.8) is 0 Å². The van der Waals surface area contributed by atoms with E-state index in [1.54, 1.807) is 13.1 Å². The van der Waals surface area contributed by atoms with Crippen molar-refractivity contribution >= 4 is 5.96 Å². The third kappa shape index (κ3) is 7.73. The number of aliphatic imine (C=N–C) groups is 1. The Morgan fingerprint density at radius 3 is 2.61 bits per heavy atom. The van der Waals surface area contributed by atoms with Gasteiger partial charge < -0.3 is 19.7 Å². The fourth-order valence-electron chi connectivity index (χ4n) is 2.28. The zero-order valence-electron chi connectivity index (χ0n) is 15.7. The first-order chi connectivity index (χ1) is 13.4. The smallest absolute Gasteiger partial charge is 0.422 e. The molecular weight excluding hydrogens is 373 g/mol. The average molecular weight is 396 g/mol. The zero-order valence-corrected chi connectivity index (χ0v) is 15.7. The van der Waals surface area contributed by atoms with Crippen LogP contribution in [0.2, 0.25) is 0 Å². The van der Waals surface area contributed by atoms with E-state index in [1.165, 1.54) is 12.3 Å². The number of halogens is 3. The topological polar surface area (TPSA) is 59.0 Å². The van der Waals surface area contributed by atoms with Crippen molar-refractivity contribution in [2.75, 3.05) is 33.9 Å². The van der Waals surface area contributed by atoms with Crippen LogP contribution < -0.4 is 14.8 Å². The Hall–Kier alpha value is -2.97. The molecule has 0 atom stereocenters. The predicted molar refractivity (Wildman–Crippen MR) is 101 cm³/mol. The number of guanidine groups is 1. The summed E-state index contributed by atoms with van der Waals surface area (Å²) in [6, 6.07) is 12.7. The maximum atomic E-state index is 12.2. The van der Waals surface area contributed by atoms with Gasteiger partial charge in [0.2, 0.25) is 5.88 Å². The second kappa shape index (κ2) is 10.4. The Morgan fingerprint density at radius 1 is 1.18 bits per heavy atom. The van der Waals surface area contributed by atoms with Crippen LogP contribution in [0.25, 0.3) is 0 Å². The summed E-state index contributed by atoms with van der Waals surface area (Å²) in [5.74, 6) is 1.35. The molecular formula is C19H23F3N4O2. The molecule has 0 aliphatic carbocycles. The molecule has 2 aromatic rings. The second-order valence-electron chi connectivity index (χ2n) is 5.89. The highest BCUT2D eigenvalue weighted by Crippen LogP contribution is 2.17. The predicted octanol–water partition coefficient (Wildman–Crippen LogP) is 3.11. The molecule has 0 aliphatic heterocycles. The quantitative estimate of drug-likeness (QED) is 0.549. The summed E-state index contributed by atoms with van der Waals surface area (Å²) in [5.41, 5.74) is 0.724. The van der Waals surface area contributed by atoms with E-state index in [4.69, 9.17) is 4.74 Å². The van der Waals surface area contributed by atoms with Crippen molar-refractivity contribution < 1.29 is 22.6 Å².